The summed E-state index contributed by atoms with van der Waals surface area (Å²) in [5, 5.41) is 2.66. The van der Waals surface area contributed by atoms with E-state index < -0.39 is 0 Å². The number of halogens is 1. The van der Waals surface area contributed by atoms with E-state index in [1.54, 1.807) is 19.1 Å². The molecule has 1 rings (SSSR count). The van der Waals surface area contributed by atoms with Gasteiger partial charge in [-0.25, -0.2) is 4.39 Å². The summed E-state index contributed by atoms with van der Waals surface area (Å²) in [5.74, 6) is -0.436. The van der Waals surface area contributed by atoms with Crippen LogP contribution in [-0.2, 0) is 9.59 Å². The number of hydrogen-bond acceptors (Lipinski definition) is 2. The zero-order valence-electron chi connectivity index (χ0n) is 14.3. The van der Waals surface area contributed by atoms with Crippen molar-refractivity contribution >= 4 is 17.5 Å². The van der Waals surface area contributed by atoms with Crippen molar-refractivity contribution in [1.82, 2.24) is 4.90 Å². The molecule has 1 N–H and O–H groups in total. The molecule has 0 heterocycles. The predicted octanol–water partition coefficient (Wildman–Crippen LogP) is 3.89. The maximum atomic E-state index is 13.4. The van der Waals surface area contributed by atoms with Gasteiger partial charge in [-0.15, -0.1) is 0 Å². The Hall–Kier alpha value is -1.91. The molecule has 2 amide bonds. The highest BCUT2D eigenvalue weighted by Gasteiger charge is 2.12. The Morgan fingerprint density at radius 3 is 2.35 bits per heavy atom. The fourth-order valence-corrected chi connectivity index (χ4v) is 2.35. The first kappa shape index (κ1) is 19.1. The van der Waals surface area contributed by atoms with Crippen LogP contribution in [0, 0.1) is 12.7 Å². The quantitative estimate of drug-likeness (QED) is 0.750. The van der Waals surface area contributed by atoms with Crippen LogP contribution in [0.15, 0.2) is 18.2 Å². The summed E-state index contributed by atoms with van der Waals surface area (Å²) in [4.78, 5) is 25.8. The van der Waals surface area contributed by atoms with Gasteiger partial charge in [0.25, 0.3) is 0 Å². The molecule has 1 aromatic rings. The van der Waals surface area contributed by atoms with Gasteiger partial charge in [-0.05, 0) is 43.9 Å². The molecule has 0 aliphatic carbocycles. The second-order valence-electron chi connectivity index (χ2n) is 5.75. The minimum atomic E-state index is -0.340. The molecule has 128 valence electrons. The SMILES string of the molecule is CCCN(CCC)C(=O)CCCC(=O)Nc1ccc(C)c(F)c1. The first-order valence-corrected chi connectivity index (χ1v) is 8.31. The first-order chi connectivity index (χ1) is 11.0. The van der Waals surface area contributed by atoms with Crippen LogP contribution in [0.4, 0.5) is 10.1 Å². The molecule has 0 saturated carbocycles. The summed E-state index contributed by atoms with van der Waals surface area (Å²) in [6.45, 7) is 7.29. The summed E-state index contributed by atoms with van der Waals surface area (Å²) < 4.78 is 13.4. The summed E-state index contributed by atoms with van der Waals surface area (Å²) in [6.07, 6.45) is 3.00. The minimum absolute atomic E-state index is 0.0999. The maximum absolute atomic E-state index is 13.4. The highest BCUT2D eigenvalue weighted by Crippen LogP contribution is 2.14. The number of rotatable bonds is 9. The van der Waals surface area contributed by atoms with Crippen molar-refractivity contribution in [2.45, 2.75) is 52.9 Å². The third-order valence-corrected chi connectivity index (χ3v) is 3.59. The van der Waals surface area contributed by atoms with E-state index in [0.29, 0.717) is 24.1 Å². The van der Waals surface area contributed by atoms with E-state index in [1.165, 1.54) is 6.07 Å². The number of hydrogen-bond donors (Lipinski definition) is 1. The Morgan fingerprint density at radius 1 is 1.13 bits per heavy atom. The van der Waals surface area contributed by atoms with Crippen molar-refractivity contribution in [1.29, 1.82) is 0 Å². The fourth-order valence-electron chi connectivity index (χ4n) is 2.35. The molecule has 0 aliphatic heterocycles. The van der Waals surface area contributed by atoms with E-state index in [1.807, 2.05) is 18.7 Å². The molecule has 0 bridgehead atoms. The number of benzene rings is 1. The van der Waals surface area contributed by atoms with Crippen LogP contribution in [0.2, 0.25) is 0 Å². The van der Waals surface area contributed by atoms with Gasteiger partial charge in [-0.1, -0.05) is 19.9 Å². The van der Waals surface area contributed by atoms with Gasteiger partial charge in [-0.3, -0.25) is 9.59 Å². The lowest BCUT2D eigenvalue weighted by atomic mass is 10.2. The van der Waals surface area contributed by atoms with Crippen molar-refractivity contribution < 1.29 is 14.0 Å². The van der Waals surface area contributed by atoms with E-state index in [9.17, 15) is 14.0 Å². The van der Waals surface area contributed by atoms with E-state index in [-0.39, 0.29) is 24.1 Å². The number of nitrogens with zero attached hydrogens (tertiary/aromatic N) is 1. The van der Waals surface area contributed by atoms with Crippen molar-refractivity contribution in [3.05, 3.63) is 29.6 Å². The molecule has 1 aromatic carbocycles. The molecule has 23 heavy (non-hydrogen) atoms. The lowest BCUT2D eigenvalue weighted by Gasteiger charge is -2.21. The zero-order chi connectivity index (χ0) is 17.2. The molecule has 0 atom stereocenters. The normalized spacial score (nSPS) is 10.4. The second-order valence-corrected chi connectivity index (χ2v) is 5.75. The molecule has 5 heteroatoms. The molecule has 4 nitrogen and oxygen atoms in total. The van der Waals surface area contributed by atoms with Crippen molar-refractivity contribution in [2.75, 3.05) is 18.4 Å². The summed E-state index contributed by atoms with van der Waals surface area (Å²) in [6, 6.07) is 4.61. The third kappa shape index (κ3) is 6.80. The van der Waals surface area contributed by atoms with Crippen molar-refractivity contribution in [3.63, 3.8) is 0 Å². The standard InChI is InChI=1S/C18H27FN2O2/c1-4-11-21(12-5-2)18(23)8-6-7-17(22)20-15-10-9-14(3)16(19)13-15/h9-10,13H,4-8,11-12H2,1-3H3,(H,20,22). The third-order valence-electron chi connectivity index (χ3n) is 3.59. The average molecular weight is 322 g/mol. The maximum Gasteiger partial charge on any atom is 0.224 e. The zero-order valence-corrected chi connectivity index (χ0v) is 14.3. The molecule has 0 aliphatic rings. The van der Waals surface area contributed by atoms with Crippen LogP contribution in [-0.4, -0.2) is 29.8 Å². The molecule has 0 aromatic heterocycles. The lowest BCUT2D eigenvalue weighted by molar-refractivity contribution is -0.131. The van der Waals surface area contributed by atoms with Crippen LogP contribution < -0.4 is 5.32 Å². The summed E-state index contributed by atoms with van der Waals surface area (Å²) in [7, 11) is 0. The highest BCUT2D eigenvalue weighted by molar-refractivity contribution is 5.91. The fraction of sp³-hybridized carbons (Fsp3) is 0.556. The monoisotopic (exact) mass is 322 g/mol. The van der Waals surface area contributed by atoms with Gasteiger partial charge in [0.05, 0.1) is 0 Å². The number of carbonyl (C=O) groups excluding carboxylic acids is 2. The molecule has 0 saturated heterocycles. The molecule has 0 radical (unpaired) electrons. The number of aryl methyl sites for hydroxylation is 1. The smallest absolute Gasteiger partial charge is 0.224 e. The molecular weight excluding hydrogens is 295 g/mol. The van der Waals surface area contributed by atoms with Gasteiger partial charge in [0.15, 0.2) is 0 Å². The Morgan fingerprint density at radius 2 is 1.78 bits per heavy atom. The van der Waals surface area contributed by atoms with Gasteiger partial charge in [0.1, 0.15) is 5.82 Å². The number of nitrogens with one attached hydrogen (secondary N) is 1. The Bertz CT molecular complexity index is 526. The summed E-state index contributed by atoms with van der Waals surface area (Å²) >= 11 is 0. The average Bonchev–Trinajstić information content (AvgIpc) is 2.50. The van der Waals surface area contributed by atoms with Gasteiger partial charge in [-0.2, -0.15) is 0 Å². The largest absolute Gasteiger partial charge is 0.343 e. The van der Waals surface area contributed by atoms with Crippen LogP contribution in [0.25, 0.3) is 0 Å². The highest BCUT2D eigenvalue weighted by atomic mass is 19.1. The molecule has 0 unspecified atom stereocenters. The molecule has 0 fully saturated rings. The van der Waals surface area contributed by atoms with E-state index >= 15 is 0 Å². The van der Waals surface area contributed by atoms with Crippen LogP contribution in [0.1, 0.15) is 51.5 Å². The van der Waals surface area contributed by atoms with E-state index in [0.717, 1.165) is 25.9 Å². The van der Waals surface area contributed by atoms with Crippen LogP contribution in [0.3, 0.4) is 0 Å². The number of amides is 2. The Balaban J connectivity index is 2.38. The van der Waals surface area contributed by atoms with Gasteiger partial charge in [0, 0.05) is 31.6 Å². The van der Waals surface area contributed by atoms with Crippen LogP contribution in [0.5, 0.6) is 0 Å². The topological polar surface area (TPSA) is 49.4 Å². The van der Waals surface area contributed by atoms with E-state index in [2.05, 4.69) is 5.32 Å². The van der Waals surface area contributed by atoms with Gasteiger partial charge in [0.2, 0.25) is 11.8 Å². The Labute approximate surface area is 138 Å². The Kier molecular flexibility index (Phi) is 8.30. The first-order valence-electron chi connectivity index (χ1n) is 8.31. The van der Waals surface area contributed by atoms with Gasteiger partial charge >= 0.3 is 0 Å². The summed E-state index contributed by atoms with van der Waals surface area (Å²) in [5.41, 5.74) is 0.989. The number of anilines is 1. The lowest BCUT2D eigenvalue weighted by Crippen LogP contribution is -2.32. The molecule has 0 spiro atoms. The minimum Gasteiger partial charge on any atom is -0.343 e. The predicted molar refractivity (Wildman–Crippen MR) is 90.8 cm³/mol. The number of carbonyl (C=O) groups is 2. The second kappa shape index (κ2) is 9.98. The van der Waals surface area contributed by atoms with E-state index in [4.69, 9.17) is 0 Å². The molecular formula is C18H27FN2O2. The van der Waals surface area contributed by atoms with Crippen LogP contribution >= 0.6 is 0 Å². The van der Waals surface area contributed by atoms with Crippen molar-refractivity contribution in [3.8, 4) is 0 Å². The van der Waals surface area contributed by atoms with Gasteiger partial charge < -0.3 is 10.2 Å². The van der Waals surface area contributed by atoms with Crippen molar-refractivity contribution in [2.24, 2.45) is 0 Å².